The van der Waals surface area contributed by atoms with E-state index >= 15 is 0 Å². The van der Waals surface area contributed by atoms with Crippen molar-refractivity contribution in [2.45, 2.75) is 89.2 Å². The quantitative estimate of drug-likeness (QED) is 0.0872. The van der Waals surface area contributed by atoms with Gasteiger partial charge in [-0.05, 0) is 136 Å². The lowest BCUT2D eigenvalue weighted by molar-refractivity contribution is -0.139. The minimum Gasteiger partial charge on any atom is -0.490 e. The second-order valence-electron chi connectivity index (χ2n) is 18.9. The van der Waals surface area contributed by atoms with Gasteiger partial charge in [-0.1, -0.05) is 13.0 Å². The third-order valence-electron chi connectivity index (χ3n) is 14.8. The number of imide groups is 2. The molecule has 6 amide bonds. The third-order valence-corrected chi connectivity index (χ3v) is 14.8. The molecule has 4 aromatic rings. The molecule has 3 saturated heterocycles. The van der Waals surface area contributed by atoms with Crippen molar-refractivity contribution in [1.29, 1.82) is 0 Å². The second kappa shape index (κ2) is 20.9. The number of rotatable bonds is 15. The van der Waals surface area contributed by atoms with Gasteiger partial charge in [0.15, 0.2) is 0 Å². The van der Waals surface area contributed by atoms with E-state index in [4.69, 9.17) is 9.47 Å². The summed E-state index contributed by atoms with van der Waals surface area (Å²) >= 11 is 0. The van der Waals surface area contributed by atoms with Crippen LogP contribution in [0.15, 0.2) is 72.9 Å². The van der Waals surface area contributed by atoms with Crippen LogP contribution in [0, 0.1) is 23.6 Å². The summed E-state index contributed by atoms with van der Waals surface area (Å²) in [5.41, 5.74) is 3.62. The van der Waals surface area contributed by atoms with Gasteiger partial charge in [0.1, 0.15) is 23.7 Å². The molecule has 4 aliphatic heterocycles. The Hall–Kier alpha value is -6.26. The highest BCUT2D eigenvalue weighted by atomic mass is 19.1. The van der Waals surface area contributed by atoms with Gasteiger partial charge in [0.2, 0.25) is 23.6 Å². The molecule has 3 aromatic carbocycles. The van der Waals surface area contributed by atoms with E-state index in [0.29, 0.717) is 44.5 Å². The standard InChI is InChI=1S/C52H60FN7O8/c1-32(33-5-7-34(8-6-33)40-17-22-54-43-14-9-36(53)31-42(40)43)48(62)56-37-10-12-38(13-11-37)68-39-20-26-59(27-21-39)50(64)35-18-24-58(25-19-35)28-30-67-29-23-55-44-4-2-3-41-47(44)52(66)60(51(41)65)45-15-16-46(61)57-49(45)63/h2-4,9-14,17,22,31-35,39,45,55H,5-8,15-16,18-21,23-30H2,1H3,(H,56,62)(H,57,61,63)/t32-,33-,34+,45?/m1/s1. The molecule has 5 heterocycles. The normalized spacial score (nSPS) is 22.2. The highest BCUT2D eigenvalue weighted by Crippen LogP contribution is 2.41. The summed E-state index contributed by atoms with van der Waals surface area (Å²) in [5, 5.41) is 9.41. The van der Waals surface area contributed by atoms with Crippen LogP contribution >= 0.6 is 0 Å². The lowest BCUT2D eigenvalue weighted by atomic mass is 9.73. The number of benzene rings is 3. The first-order valence-corrected chi connectivity index (χ1v) is 24.3. The lowest BCUT2D eigenvalue weighted by Crippen LogP contribution is -2.54. The molecule has 16 heteroatoms. The molecule has 68 heavy (non-hydrogen) atoms. The summed E-state index contributed by atoms with van der Waals surface area (Å²) in [6.07, 6.45) is 8.85. The highest BCUT2D eigenvalue weighted by molar-refractivity contribution is 6.25. The first kappa shape index (κ1) is 46.8. The molecule has 1 aromatic heterocycles. The van der Waals surface area contributed by atoms with Crippen molar-refractivity contribution in [3.63, 3.8) is 0 Å². The summed E-state index contributed by atoms with van der Waals surface area (Å²) in [6, 6.07) is 18.3. The molecule has 0 bridgehead atoms. The average molecular weight is 930 g/mol. The molecule has 358 valence electrons. The molecule has 1 unspecified atom stereocenters. The molecule has 2 atom stereocenters. The van der Waals surface area contributed by atoms with Crippen LogP contribution in [0.5, 0.6) is 5.75 Å². The maximum Gasteiger partial charge on any atom is 0.264 e. The largest absolute Gasteiger partial charge is 0.490 e. The monoisotopic (exact) mass is 929 g/mol. The van der Waals surface area contributed by atoms with Crippen molar-refractivity contribution in [3.8, 4) is 5.75 Å². The summed E-state index contributed by atoms with van der Waals surface area (Å²) in [6.45, 7) is 7.00. The number of piperidine rings is 3. The van der Waals surface area contributed by atoms with Gasteiger partial charge >= 0.3 is 0 Å². The lowest BCUT2D eigenvalue weighted by Gasteiger charge is -2.37. The van der Waals surface area contributed by atoms with Gasteiger partial charge in [-0.3, -0.25) is 44.0 Å². The van der Waals surface area contributed by atoms with Gasteiger partial charge in [-0.25, -0.2) is 4.39 Å². The molecule has 0 spiro atoms. The Bertz CT molecular complexity index is 2530. The summed E-state index contributed by atoms with van der Waals surface area (Å²) < 4.78 is 26.3. The number of anilines is 2. The van der Waals surface area contributed by atoms with E-state index in [-0.39, 0.29) is 65.5 Å². The van der Waals surface area contributed by atoms with Crippen molar-refractivity contribution < 1.29 is 42.6 Å². The highest BCUT2D eigenvalue weighted by Gasteiger charge is 2.45. The molecule has 1 saturated carbocycles. The van der Waals surface area contributed by atoms with Crippen molar-refractivity contribution >= 4 is 57.7 Å². The van der Waals surface area contributed by atoms with Crippen LogP contribution in [-0.2, 0) is 23.9 Å². The van der Waals surface area contributed by atoms with Crippen LogP contribution < -0.4 is 20.7 Å². The number of amides is 6. The summed E-state index contributed by atoms with van der Waals surface area (Å²) in [4.78, 5) is 87.0. The van der Waals surface area contributed by atoms with Crippen LogP contribution in [0.4, 0.5) is 15.8 Å². The van der Waals surface area contributed by atoms with Crippen molar-refractivity contribution in [2.24, 2.45) is 17.8 Å². The number of hydrogen-bond acceptors (Lipinski definition) is 11. The molecular weight excluding hydrogens is 870 g/mol. The number of aromatic nitrogens is 1. The first-order chi connectivity index (χ1) is 33.0. The zero-order chi connectivity index (χ0) is 47.3. The smallest absolute Gasteiger partial charge is 0.264 e. The SMILES string of the molecule is C[C@@H](C(=O)Nc1ccc(OC2CCN(C(=O)C3CCN(CCOCCNc4cccc5c4C(=O)N(C4CCC(=O)NC4=O)C5=O)CC3)CC2)cc1)[C@H]1CC[C@@H](c2ccnc3ccc(F)cc32)CC1. The van der Waals surface area contributed by atoms with E-state index < -0.39 is 29.7 Å². The minimum absolute atomic E-state index is 0.00221. The molecule has 1 aliphatic carbocycles. The van der Waals surface area contributed by atoms with E-state index in [1.54, 1.807) is 36.5 Å². The van der Waals surface area contributed by atoms with Gasteiger partial charge in [0.05, 0.1) is 29.9 Å². The molecule has 5 aliphatic rings. The zero-order valence-corrected chi connectivity index (χ0v) is 38.6. The van der Waals surface area contributed by atoms with Crippen LogP contribution in [-0.4, -0.2) is 120 Å². The van der Waals surface area contributed by atoms with Crippen molar-refractivity contribution in [3.05, 3.63) is 95.4 Å². The maximum atomic E-state index is 14.1. The molecule has 9 rings (SSSR count). The summed E-state index contributed by atoms with van der Waals surface area (Å²) in [5.74, 6) is -0.978. The van der Waals surface area contributed by atoms with E-state index in [2.05, 4.69) is 25.8 Å². The first-order valence-electron chi connectivity index (χ1n) is 24.3. The average Bonchev–Trinajstić information content (AvgIpc) is 3.61. The maximum absolute atomic E-state index is 14.1. The molecule has 0 radical (unpaired) electrons. The molecular formula is C52H60FN7O8. The van der Waals surface area contributed by atoms with Crippen molar-refractivity contribution in [1.82, 2.24) is 25.0 Å². The Morgan fingerprint density at radius 1 is 0.853 bits per heavy atom. The van der Waals surface area contributed by atoms with Crippen LogP contribution in [0.3, 0.4) is 0 Å². The van der Waals surface area contributed by atoms with E-state index in [1.807, 2.05) is 42.2 Å². The van der Waals surface area contributed by atoms with Gasteiger partial charge < -0.3 is 29.9 Å². The van der Waals surface area contributed by atoms with E-state index in [1.165, 1.54) is 6.07 Å². The van der Waals surface area contributed by atoms with Crippen molar-refractivity contribution in [2.75, 3.05) is 63.1 Å². The topological polar surface area (TPSA) is 180 Å². The van der Waals surface area contributed by atoms with Crippen LogP contribution in [0.2, 0.25) is 0 Å². The Morgan fingerprint density at radius 2 is 1.62 bits per heavy atom. The number of halogens is 1. The predicted octanol–water partition coefficient (Wildman–Crippen LogP) is 6.53. The number of carbonyl (C=O) groups excluding carboxylic acids is 6. The fraction of sp³-hybridized carbons (Fsp3) is 0.481. The third kappa shape index (κ3) is 10.4. The minimum atomic E-state index is -1.02. The number of hydrogen-bond donors (Lipinski definition) is 3. The van der Waals surface area contributed by atoms with Crippen LogP contribution in [0.1, 0.15) is 103 Å². The molecule has 15 nitrogen and oxygen atoms in total. The number of fused-ring (bicyclic) bond motifs is 2. The fourth-order valence-corrected chi connectivity index (χ4v) is 10.8. The van der Waals surface area contributed by atoms with Crippen LogP contribution in [0.25, 0.3) is 10.9 Å². The number of likely N-dealkylation sites (tertiary alicyclic amines) is 2. The van der Waals surface area contributed by atoms with E-state index in [9.17, 15) is 33.2 Å². The molecule has 3 N–H and O–H groups in total. The number of carbonyl (C=O) groups is 6. The number of ether oxygens (including phenoxy) is 2. The Labute approximate surface area is 395 Å². The van der Waals surface area contributed by atoms with Gasteiger partial charge in [-0.15, -0.1) is 0 Å². The van der Waals surface area contributed by atoms with Gasteiger partial charge in [0.25, 0.3) is 11.8 Å². The van der Waals surface area contributed by atoms with Gasteiger partial charge in [-0.2, -0.15) is 0 Å². The summed E-state index contributed by atoms with van der Waals surface area (Å²) in [7, 11) is 0. The van der Waals surface area contributed by atoms with Gasteiger partial charge in [0, 0.05) is 80.2 Å². The molecule has 4 fully saturated rings. The Morgan fingerprint density at radius 3 is 2.37 bits per heavy atom. The fourth-order valence-electron chi connectivity index (χ4n) is 10.8. The Kier molecular flexibility index (Phi) is 14.4. The predicted molar refractivity (Wildman–Crippen MR) is 252 cm³/mol. The number of nitrogens with one attached hydrogen (secondary N) is 3. The van der Waals surface area contributed by atoms with E-state index in [0.717, 1.165) is 104 Å². The number of nitrogens with zero attached hydrogens (tertiary/aromatic N) is 4. The zero-order valence-electron chi connectivity index (χ0n) is 38.6. The number of pyridine rings is 1. The Balaban J connectivity index is 0.637. The second-order valence-corrected chi connectivity index (χ2v) is 18.9.